The summed E-state index contributed by atoms with van der Waals surface area (Å²) in [6.45, 7) is 0.926. The fourth-order valence-corrected chi connectivity index (χ4v) is 1.91. The van der Waals surface area contributed by atoms with Crippen molar-refractivity contribution in [2.24, 2.45) is 0 Å². The molecule has 0 unspecified atom stereocenters. The van der Waals surface area contributed by atoms with Gasteiger partial charge in [-0.3, -0.25) is 0 Å². The third kappa shape index (κ3) is 3.01. The second kappa shape index (κ2) is 3.81. The van der Waals surface area contributed by atoms with E-state index >= 15 is 0 Å². The van der Waals surface area contributed by atoms with E-state index < -0.39 is 11.5 Å². The normalized spacial score (nSPS) is 18.5. The summed E-state index contributed by atoms with van der Waals surface area (Å²) >= 11 is 0. The zero-order valence-electron chi connectivity index (χ0n) is 9.34. The van der Waals surface area contributed by atoms with Crippen molar-refractivity contribution in [2.45, 2.75) is 44.1 Å². The van der Waals surface area contributed by atoms with Gasteiger partial charge in [-0.15, -0.1) is 0 Å². The van der Waals surface area contributed by atoms with Gasteiger partial charge in [0.15, 0.2) is 0 Å². The largest absolute Gasteiger partial charge is 0.390 e. The van der Waals surface area contributed by atoms with Gasteiger partial charge in [0, 0.05) is 12.8 Å². The molecule has 1 saturated carbocycles. The molecule has 0 radical (unpaired) electrons. The Hall–Kier alpha value is -0.960. The summed E-state index contributed by atoms with van der Waals surface area (Å²) in [4.78, 5) is 0. The smallest absolute Gasteiger partial charge is 0.249 e. The summed E-state index contributed by atoms with van der Waals surface area (Å²) in [5, 5.41) is 9.82. The number of alkyl halides is 2. The van der Waals surface area contributed by atoms with E-state index in [4.69, 9.17) is 0 Å². The maximum absolute atomic E-state index is 13.0. The third-order valence-electron chi connectivity index (χ3n) is 2.97. The van der Waals surface area contributed by atoms with Crippen molar-refractivity contribution in [1.82, 2.24) is 0 Å². The van der Waals surface area contributed by atoms with E-state index in [1.165, 1.54) is 0 Å². The summed E-state index contributed by atoms with van der Waals surface area (Å²) in [5.74, 6) is -2.69. The summed E-state index contributed by atoms with van der Waals surface area (Å²) in [5.41, 5.74) is 0.874. The Labute approximate surface area is 94.1 Å². The van der Waals surface area contributed by atoms with Crippen molar-refractivity contribution in [2.75, 3.05) is 0 Å². The highest BCUT2D eigenvalue weighted by atomic mass is 19.3. The summed E-state index contributed by atoms with van der Waals surface area (Å²) in [7, 11) is 0. The lowest BCUT2D eigenvalue weighted by molar-refractivity contribution is 0.0222. The third-order valence-corrected chi connectivity index (χ3v) is 2.97. The first kappa shape index (κ1) is 11.5. The fourth-order valence-electron chi connectivity index (χ4n) is 1.91. The SMILES string of the molecule is CC(F)(F)Cc1ccccc1CC1(O)CC1. The molecular weight excluding hydrogens is 210 g/mol. The monoisotopic (exact) mass is 226 g/mol. The standard InChI is InChI=1S/C13H16F2O/c1-12(14,15)8-10-4-2-3-5-11(10)9-13(16)6-7-13/h2-5,16H,6-9H2,1H3. The minimum atomic E-state index is -2.69. The molecule has 3 heteroatoms. The quantitative estimate of drug-likeness (QED) is 0.836. The molecule has 88 valence electrons. The minimum absolute atomic E-state index is 0.251. The average Bonchev–Trinajstić information content (AvgIpc) is 2.85. The average molecular weight is 226 g/mol. The Morgan fingerprint density at radius 2 is 1.81 bits per heavy atom. The van der Waals surface area contributed by atoms with Gasteiger partial charge in [0.25, 0.3) is 0 Å². The molecule has 0 aromatic heterocycles. The first-order chi connectivity index (χ1) is 7.38. The van der Waals surface area contributed by atoms with Crippen LogP contribution in [-0.4, -0.2) is 16.6 Å². The van der Waals surface area contributed by atoms with Crippen molar-refractivity contribution in [3.63, 3.8) is 0 Å². The number of rotatable bonds is 4. The van der Waals surface area contributed by atoms with Crippen molar-refractivity contribution in [3.8, 4) is 0 Å². The van der Waals surface area contributed by atoms with Crippen LogP contribution in [0.4, 0.5) is 8.78 Å². The van der Waals surface area contributed by atoms with E-state index in [9.17, 15) is 13.9 Å². The highest BCUT2D eigenvalue weighted by Crippen LogP contribution is 2.39. The lowest BCUT2D eigenvalue weighted by Crippen LogP contribution is -2.18. The second-order valence-corrected chi connectivity index (χ2v) is 4.92. The predicted octanol–water partition coefficient (Wildman–Crippen LogP) is 2.95. The van der Waals surface area contributed by atoms with Gasteiger partial charge in [0.1, 0.15) is 0 Å². The molecule has 0 bridgehead atoms. The van der Waals surface area contributed by atoms with E-state index in [0.29, 0.717) is 12.0 Å². The van der Waals surface area contributed by atoms with Gasteiger partial charge < -0.3 is 5.11 Å². The van der Waals surface area contributed by atoms with E-state index in [0.717, 1.165) is 25.3 Å². The molecule has 1 N–H and O–H groups in total. The van der Waals surface area contributed by atoms with Crippen LogP contribution in [0.25, 0.3) is 0 Å². The maximum Gasteiger partial charge on any atom is 0.249 e. The first-order valence-corrected chi connectivity index (χ1v) is 5.55. The number of benzene rings is 1. The molecule has 0 amide bonds. The Morgan fingerprint density at radius 3 is 2.31 bits per heavy atom. The predicted molar refractivity (Wildman–Crippen MR) is 58.7 cm³/mol. The van der Waals surface area contributed by atoms with Gasteiger partial charge in [-0.1, -0.05) is 24.3 Å². The Balaban J connectivity index is 2.17. The van der Waals surface area contributed by atoms with Crippen molar-refractivity contribution >= 4 is 0 Å². The Morgan fingerprint density at radius 1 is 1.25 bits per heavy atom. The van der Waals surface area contributed by atoms with Gasteiger partial charge in [-0.05, 0) is 30.9 Å². The fraction of sp³-hybridized carbons (Fsp3) is 0.538. The number of aliphatic hydroxyl groups is 1. The summed E-state index contributed by atoms with van der Waals surface area (Å²) < 4.78 is 25.9. The van der Waals surface area contributed by atoms with Crippen LogP contribution in [-0.2, 0) is 12.8 Å². The zero-order valence-corrected chi connectivity index (χ0v) is 9.34. The highest BCUT2D eigenvalue weighted by molar-refractivity contribution is 5.30. The second-order valence-electron chi connectivity index (χ2n) is 4.92. The lowest BCUT2D eigenvalue weighted by atomic mass is 9.96. The van der Waals surface area contributed by atoms with E-state index in [2.05, 4.69) is 0 Å². The zero-order chi connectivity index (χ0) is 11.8. The van der Waals surface area contributed by atoms with Crippen LogP contribution in [0.1, 0.15) is 30.9 Å². The van der Waals surface area contributed by atoms with Crippen LogP contribution in [0.3, 0.4) is 0 Å². The first-order valence-electron chi connectivity index (χ1n) is 5.55. The molecule has 2 rings (SSSR count). The number of hydrogen-bond acceptors (Lipinski definition) is 1. The summed E-state index contributed by atoms with van der Waals surface area (Å²) in [6, 6.07) is 7.15. The number of halogens is 2. The molecule has 1 aliphatic carbocycles. The lowest BCUT2D eigenvalue weighted by Gasteiger charge is -2.16. The van der Waals surface area contributed by atoms with Crippen molar-refractivity contribution in [3.05, 3.63) is 35.4 Å². The molecule has 0 heterocycles. The molecule has 1 fully saturated rings. The Kier molecular flexibility index (Phi) is 2.74. The van der Waals surface area contributed by atoms with E-state index in [1.54, 1.807) is 12.1 Å². The molecule has 0 saturated heterocycles. The van der Waals surface area contributed by atoms with Crippen LogP contribution >= 0.6 is 0 Å². The summed E-state index contributed by atoms with van der Waals surface area (Å²) in [6.07, 6.45) is 1.81. The minimum Gasteiger partial charge on any atom is -0.390 e. The number of hydrogen-bond donors (Lipinski definition) is 1. The van der Waals surface area contributed by atoms with Gasteiger partial charge in [0.05, 0.1) is 5.60 Å². The van der Waals surface area contributed by atoms with E-state index in [-0.39, 0.29) is 6.42 Å². The molecule has 1 aromatic carbocycles. The van der Waals surface area contributed by atoms with Crippen LogP contribution in [0, 0.1) is 0 Å². The van der Waals surface area contributed by atoms with Crippen LogP contribution in [0.5, 0.6) is 0 Å². The molecule has 1 aliphatic rings. The van der Waals surface area contributed by atoms with Crippen LogP contribution in [0.2, 0.25) is 0 Å². The van der Waals surface area contributed by atoms with Gasteiger partial charge >= 0.3 is 0 Å². The molecule has 0 aliphatic heterocycles. The molecular formula is C13H16F2O. The highest BCUT2D eigenvalue weighted by Gasteiger charge is 2.40. The van der Waals surface area contributed by atoms with Crippen LogP contribution < -0.4 is 0 Å². The topological polar surface area (TPSA) is 20.2 Å². The van der Waals surface area contributed by atoms with Gasteiger partial charge in [-0.2, -0.15) is 0 Å². The maximum atomic E-state index is 13.0. The van der Waals surface area contributed by atoms with Crippen molar-refractivity contribution in [1.29, 1.82) is 0 Å². The molecule has 1 aromatic rings. The molecule has 1 nitrogen and oxygen atoms in total. The van der Waals surface area contributed by atoms with Crippen molar-refractivity contribution < 1.29 is 13.9 Å². The molecule has 16 heavy (non-hydrogen) atoms. The molecule has 0 spiro atoms. The Bertz CT molecular complexity index is 352. The van der Waals surface area contributed by atoms with Crippen LogP contribution in [0.15, 0.2) is 24.3 Å². The molecule has 0 atom stereocenters. The van der Waals surface area contributed by atoms with Gasteiger partial charge in [-0.25, -0.2) is 8.78 Å². The van der Waals surface area contributed by atoms with E-state index in [1.807, 2.05) is 12.1 Å². The van der Waals surface area contributed by atoms with Gasteiger partial charge in [0.2, 0.25) is 5.92 Å².